The summed E-state index contributed by atoms with van der Waals surface area (Å²) in [6.07, 6.45) is 3.10. The zero-order valence-electron chi connectivity index (χ0n) is 17.7. The summed E-state index contributed by atoms with van der Waals surface area (Å²) < 4.78 is 10.7. The molecular weight excluding hydrogens is 394 g/mol. The van der Waals surface area contributed by atoms with Gasteiger partial charge in [0.2, 0.25) is 0 Å². The number of nitrogens with one attached hydrogen (secondary N) is 1. The maximum absolute atomic E-state index is 13.9. The van der Waals surface area contributed by atoms with Crippen LogP contribution in [0.25, 0.3) is 11.1 Å². The van der Waals surface area contributed by atoms with Crippen molar-refractivity contribution >= 4 is 17.0 Å². The average molecular weight is 417 g/mol. The predicted octanol–water partition coefficient (Wildman–Crippen LogP) is 3.61. The molecule has 5 rings (SSSR count). The number of aromatic nitrogens is 4. The molecule has 0 radical (unpaired) electrons. The molecule has 1 atom stereocenters. The number of pyridine rings is 1. The van der Waals surface area contributed by atoms with E-state index < -0.39 is 0 Å². The van der Waals surface area contributed by atoms with Gasteiger partial charge in [0.25, 0.3) is 11.6 Å². The third-order valence-electron chi connectivity index (χ3n) is 5.88. The van der Waals surface area contributed by atoms with Crippen LogP contribution in [0.1, 0.15) is 51.7 Å². The molecule has 0 unspecified atom stereocenters. The van der Waals surface area contributed by atoms with Gasteiger partial charge in [0.15, 0.2) is 0 Å². The van der Waals surface area contributed by atoms with Crippen LogP contribution in [0.15, 0.2) is 41.2 Å². The number of hydrogen-bond acceptors (Lipinski definition) is 6. The van der Waals surface area contributed by atoms with Crippen LogP contribution in [0.3, 0.4) is 0 Å². The third-order valence-corrected chi connectivity index (χ3v) is 5.88. The first-order chi connectivity index (χ1) is 15.1. The van der Waals surface area contributed by atoms with Crippen LogP contribution < -0.4 is 4.74 Å². The second kappa shape index (κ2) is 7.54. The summed E-state index contributed by atoms with van der Waals surface area (Å²) >= 11 is 0. The van der Waals surface area contributed by atoms with Crippen molar-refractivity contribution in [1.82, 2.24) is 25.0 Å². The molecule has 0 saturated heterocycles. The summed E-state index contributed by atoms with van der Waals surface area (Å²) in [6, 6.07) is 9.34. The van der Waals surface area contributed by atoms with E-state index >= 15 is 0 Å². The van der Waals surface area contributed by atoms with E-state index in [0.717, 1.165) is 28.4 Å². The topological polar surface area (TPSA) is 97.1 Å². The summed E-state index contributed by atoms with van der Waals surface area (Å²) in [7, 11) is 1.64. The van der Waals surface area contributed by atoms with Gasteiger partial charge < -0.3 is 19.1 Å². The van der Waals surface area contributed by atoms with Gasteiger partial charge in [-0.1, -0.05) is 24.2 Å². The molecule has 3 aromatic heterocycles. The Morgan fingerprint density at radius 2 is 2.13 bits per heavy atom. The maximum Gasteiger partial charge on any atom is 0.258 e. The number of aryl methyl sites for hydroxylation is 2. The molecule has 1 amide bonds. The standard InChI is InChI=1S/C23H23N5O3/c1-4-15-11-17(19-13(2)27-31-22(19)26-15)23(29)28-10-9-18-20(25-12-24-18)21(28)14-5-7-16(30-3)8-6-14/h5-8,11-12,21H,4,9-10H2,1-3H3,(H,24,25)/t21-/m1/s1. The van der Waals surface area contributed by atoms with Crippen molar-refractivity contribution in [2.24, 2.45) is 0 Å². The Morgan fingerprint density at radius 1 is 1.32 bits per heavy atom. The van der Waals surface area contributed by atoms with E-state index in [-0.39, 0.29) is 11.9 Å². The predicted molar refractivity (Wildman–Crippen MR) is 114 cm³/mol. The summed E-state index contributed by atoms with van der Waals surface area (Å²) in [4.78, 5) is 28.1. The van der Waals surface area contributed by atoms with E-state index in [1.54, 1.807) is 13.4 Å². The molecule has 8 heteroatoms. The Kier molecular flexibility index (Phi) is 4.69. The zero-order chi connectivity index (χ0) is 21.5. The molecule has 1 aliphatic rings. The zero-order valence-corrected chi connectivity index (χ0v) is 17.7. The number of ether oxygens (including phenoxy) is 1. The molecule has 1 aliphatic heterocycles. The van der Waals surface area contributed by atoms with E-state index in [9.17, 15) is 4.79 Å². The molecule has 1 N–H and O–H groups in total. The molecule has 0 saturated carbocycles. The van der Waals surface area contributed by atoms with E-state index in [1.807, 2.05) is 49.1 Å². The molecule has 4 heterocycles. The van der Waals surface area contributed by atoms with Crippen molar-refractivity contribution in [3.05, 3.63) is 70.6 Å². The fourth-order valence-electron chi connectivity index (χ4n) is 4.27. The Bertz CT molecular complexity index is 1260. The van der Waals surface area contributed by atoms with Gasteiger partial charge in [-0.05, 0) is 37.1 Å². The van der Waals surface area contributed by atoms with Gasteiger partial charge in [0, 0.05) is 24.4 Å². The van der Waals surface area contributed by atoms with Crippen LogP contribution in [-0.2, 0) is 12.8 Å². The number of imidazole rings is 1. The van der Waals surface area contributed by atoms with E-state index in [2.05, 4.69) is 20.1 Å². The average Bonchev–Trinajstić information content (AvgIpc) is 3.44. The summed E-state index contributed by atoms with van der Waals surface area (Å²) in [5, 5.41) is 4.71. The Morgan fingerprint density at radius 3 is 2.87 bits per heavy atom. The number of nitrogens with zero attached hydrogens (tertiary/aromatic N) is 4. The minimum absolute atomic E-state index is 0.0807. The van der Waals surface area contributed by atoms with Crippen LogP contribution in [0.5, 0.6) is 5.75 Å². The molecule has 0 aliphatic carbocycles. The number of benzene rings is 1. The van der Waals surface area contributed by atoms with Gasteiger partial charge in [-0.25, -0.2) is 9.97 Å². The molecular formula is C23H23N5O3. The molecule has 4 aromatic rings. The number of methoxy groups -OCH3 is 1. The van der Waals surface area contributed by atoms with Crippen LogP contribution in [0.2, 0.25) is 0 Å². The van der Waals surface area contributed by atoms with Gasteiger partial charge in [-0.2, -0.15) is 0 Å². The Labute approximate surface area is 179 Å². The van der Waals surface area contributed by atoms with Crippen molar-refractivity contribution in [2.75, 3.05) is 13.7 Å². The minimum atomic E-state index is -0.304. The maximum atomic E-state index is 13.9. The van der Waals surface area contributed by atoms with Gasteiger partial charge >= 0.3 is 0 Å². The van der Waals surface area contributed by atoms with Crippen LogP contribution in [0.4, 0.5) is 0 Å². The van der Waals surface area contributed by atoms with Gasteiger partial charge in [-0.15, -0.1) is 0 Å². The van der Waals surface area contributed by atoms with Crippen molar-refractivity contribution in [3.63, 3.8) is 0 Å². The number of rotatable bonds is 4. The summed E-state index contributed by atoms with van der Waals surface area (Å²) in [6.45, 7) is 4.40. The number of H-pyrrole nitrogens is 1. The number of carbonyl (C=O) groups excluding carboxylic acids is 1. The first-order valence-electron chi connectivity index (χ1n) is 10.3. The monoisotopic (exact) mass is 417 g/mol. The van der Waals surface area contributed by atoms with Crippen LogP contribution >= 0.6 is 0 Å². The molecule has 158 valence electrons. The number of fused-ring (bicyclic) bond motifs is 2. The molecule has 0 spiro atoms. The number of amides is 1. The smallest absolute Gasteiger partial charge is 0.258 e. The quantitative estimate of drug-likeness (QED) is 0.545. The minimum Gasteiger partial charge on any atom is -0.497 e. The number of hydrogen-bond donors (Lipinski definition) is 1. The summed E-state index contributed by atoms with van der Waals surface area (Å²) in [5.41, 5.74) is 5.33. The molecule has 1 aromatic carbocycles. The highest BCUT2D eigenvalue weighted by Crippen LogP contribution is 2.36. The van der Waals surface area contributed by atoms with E-state index in [1.165, 1.54) is 0 Å². The molecule has 8 nitrogen and oxygen atoms in total. The van der Waals surface area contributed by atoms with Gasteiger partial charge in [0.1, 0.15) is 11.8 Å². The first kappa shape index (κ1) is 19.3. The Balaban J connectivity index is 1.64. The number of carbonyl (C=O) groups is 1. The van der Waals surface area contributed by atoms with Crippen LogP contribution in [-0.4, -0.2) is 44.6 Å². The largest absolute Gasteiger partial charge is 0.497 e. The van der Waals surface area contributed by atoms with E-state index in [0.29, 0.717) is 41.7 Å². The fourth-order valence-corrected chi connectivity index (χ4v) is 4.27. The lowest BCUT2D eigenvalue weighted by Gasteiger charge is -2.35. The molecule has 31 heavy (non-hydrogen) atoms. The second-order valence-electron chi connectivity index (χ2n) is 7.65. The second-order valence-corrected chi connectivity index (χ2v) is 7.65. The lowest BCUT2D eigenvalue weighted by Crippen LogP contribution is -2.41. The Hall–Kier alpha value is -3.68. The van der Waals surface area contributed by atoms with Crippen molar-refractivity contribution in [1.29, 1.82) is 0 Å². The lowest BCUT2D eigenvalue weighted by molar-refractivity contribution is 0.0692. The lowest BCUT2D eigenvalue weighted by atomic mass is 9.94. The van der Waals surface area contributed by atoms with Crippen molar-refractivity contribution in [3.8, 4) is 5.75 Å². The fraction of sp³-hybridized carbons (Fsp3) is 0.304. The highest BCUT2D eigenvalue weighted by atomic mass is 16.5. The van der Waals surface area contributed by atoms with Crippen molar-refractivity contribution in [2.45, 2.75) is 32.7 Å². The third kappa shape index (κ3) is 3.15. The highest BCUT2D eigenvalue weighted by molar-refractivity contribution is 6.06. The van der Waals surface area contributed by atoms with Crippen LogP contribution in [0, 0.1) is 6.92 Å². The van der Waals surface area contributed by atoms with E-state index in [4.69, 9.17) is 9.26 Å². The molecule has 0 fully saturated rings. The SMILES string of the molecule is CCc1cc(C(=O)N2CCc3[nH]cnc3[C@H]2c2ccc(OC)cc2)c2c(C)noc2n1. The highest BCUT2D eigenvalue weighted by Gasteiger charge is 2.35. The number of aromatic amines is 1. The van der Waals surface area contributed by atoms with Gasteiger partial charge in [-0.3, -0.25) is 4.79 Å². The van der Waals surface area contributed by atoms with Crippen molar-refractivity contribution < 1.29 is 14.1 Å². The molecule has 0 bridgehead atoms. The normalized spacial score (nSPS) is 15.8. The first-order valence-corrected chi connectivity index (χ1v) is 10.3. The summed E-state index contributed by atoms with van der Waals surface area (Å²) in [5.74, 6) is 0.686. The van der Waals surface area contributed by atoms with Gasteiger partial charge in [0.05, 0.1) is 35.8 Å².